The lowest BCUT2D eigenvalue weighted by molar-refractivity contribution is 0.345. The Kier molecular flexibility index (Phi) is 4.42. The van der Waals surface area contributed by atoms with Crippen molar-refractivity contribution in [3.8, 4) is 0 Å². The molecular weight excluding hydrogens is 316 g/mol. The van der Waals surface area contributed by atoms with E-state index in [1.54, 1.807) is 25.5 Å². The molecule has 0 aliphatic carbocycles. The molecule has 23 heavy (non-hydrogen) atoms. The van der Waals surface area contributed by atoms with Crippen LogP contribution in [-0.4, -0.2) is 23.2 Å². The highest BCUT2D eigenvalue weighted by Gasteiger charge is 2.28. The third-order valence-corrected chi connectivity index (χ3v) is 5.27. The normalized spacial score (nSPS) is 12.8. The van der Waals surface area contributed by atoms with Crippen molar-refractivity contribution in [1.29, 1.82) is 0 Å². The summed E-state index contributed by atoms with van der Waals surface area (Å²) < 4.78 is 35.0. The van der Waals surface area contributed by atoms with Gasteiger partial charge in [-0.25, -0.2) is 18.1 Å². The first-order valence-corrected chi connectivity index (χ1v) is 8.91. The van der Waals surface area contributed by atoms with Gasteiger partial charge in [-0.1, -0.05) is 0 Å². The number of aromatic nitrogens is 3. The zero-order chi connectivity index (χ0) is 17.6. The topological polar surface area (TPSA) is 90.0 Å². The van der Waals surface area contributed by atoms with E-state index in [4.69, 9.17) is 4.42 Å². The van der Waals surface area contributed by atoms with E-state index in [2.05, 4.69) is 14.8 Å². The Morgan fingerprint density at radius 3 is 2.17 bits per heavy atom. The molecule has 0 saturated heterocycles. The van der Waals surface area contributed by atoms with Crippen molar-refractivity contribution in [3.05, 3.63) is 28.7 Å². The van der Waals surface area contributed by atoms with Crippen molar-refractivity contribution in [2.45, 2.75) is 65.4 Å². The molecule has 1 N–H and O–H groups in total. The molecule has 0 radical (unpaired) electrons. The first kappa shape index (κ1) is 17.7. The molecular formula is C15H24N4O3S. The Labute approximate surface area is 137 Å². The summed E-state index contributed by atoms with van der Waals surface area (Å²) in [5.41, 5.74) is 1.55. The largest absolute Gasteiger partial charge is 0.444 e. The van der Waals surface area contributed by atoms with E-state index in [0.717, 1.165) is 5.69 Å². The summed E-state index contributed by atoms with van der Waals surface area (Å²) in [5.74, 6) is 1.04. The average molecular weight is 340 g/mol. The van der Waals surface area contributed by atoms with E-state index >= 15 is 0 Å². The Hall–Kier alpha value is -1.67. The third-order valence-electron chi connectivity index (χ3n) is 3.62. The molecule has 2 aromatic rings. The quantitative estimate of drug-likeness (QED) is 0.922. The highest BCUT2D eigenvalue weighted by Crippen LogP contribution is 2.25. The molecule has 2 aromatic heterocycles. The van der Waals surface area contributed by atoms with Gasteiger partial charge in [0.25, 0.3) is 0 Å². The highest BCUT2D eigenvalue weighted by atomic mass is 32.2. The number of rotatable bonds is 4. The fraction of sp³-hybridized carbons (Fsp3) is 0.600. The molecule has 0 saturated carbocycles. The number of nitrogens with zero attached hydrogens (tertiary/aromatic N) is 3. The monoisotopic (exact) mass is 340 g/mol. The average Bonchev–Trinajstić information content (AvgIpc) is 2.87. The summed E-state index contributed by atoms with van der Waals surface area (Å²) in [7, 11) is -3.70. The molecule has 7 nitrogen and oxygen atoms in total. The number of sulfonamides is 1. The van der Waals surface area contributed by atoms with Crippen molar-refractivity contribution in [3.63, 3.8) is 0 Å². The van der Waals surface area contributed by atoms with Crippen LogP contribution in [-0.2, 0) is 22.1 Å². The maximum absolute atomic E-state index is 12.6. The third kappa shape index (κ3) is 3.48. The smallest absolute Gasteiger partial charge is 0.244 e. The van der Waals surface area contributed by atoms with E-state index in [-0.39, 0.29) is 17.0 Å². The van der Waals surface area contributed by atoms with Gasteiger partial charge in [-0.2, -0.15) is 5.10 Å². The fourth-order valence-electron chi connectivity index (χ4n) is 2.51. The standard InChI is InChI=1S/C15H24N4O3S/c1-9-12(4)22-13(17-9)8-16-23(20,21)14-10(2)18-19(11(14)3)15(5,6)7/h16H,8H2,1-7H3. The first-order chi connectivity index (χ1) is 10.4. The fourth-order valence-corrected chi connectivity index (χ4v) is 3.88. The molecule has 0 aliphatic rings. The van der Waals surface area contributed by atoms with E-state index < -0.39 is 10.0 Å². The lowest BCUT2D eigenvalue weighted by Crippen LogP contribution is -2.26. The summed E-state index contributed by atoms with van der Waals surface area (Å²) >= 11 is 0. The second kappa shape index (κ2) is 5.76. The molecule has 128 valence electrons. The lowest BCUT2D eigenvalue weighted by Gasteiger charge is -2.21. The number of aryl methyl sites for hydroxylation is 3. The lowest BCUT2D eigenvalue weighted by atomic mass is 10.1. The molecule has 0 aromatic carbocycles. The predicted octanol–water partition coefficient (Wildman–Crippen LogP) is 2.34. The molecule has 8 heteroatoms. The second-order valence-electron chi connectivity index (χ2n) is 6.66. The second-order valence-corrected chi connectivity index (χ2v) is 8.36. The maximum atomic E-state index is 12.6. The van der Waals surface area contributed by atoms with Crippen LogP contribution in [0.2, 0.25) is 0 Å². The maximum Gasteiger partial charge on any atom is 0.244 e. The van der Waals surface area contributed by atoms with Crippen LogP contribution >= 0.6 is 0 Å². The van der Waals surface area contributed by atoms with Gasteiger partial charge in [0.2, 0.25) is 15.9 Å². The number of hydrogen-bond acceptors (Lipinski definition) is 5. The Balaban J connectivity index is 2.31. The summed E-state index contributed by atoms with van der Waals surface area (Å²) in [6.45, 7) is 13.0. The zero-order valence-electron chi connectivity index (χ0n) is 14.7. The summed E-state index contributed by atoms with van der Waals surface area (Å²) in [6.07, 6.45) is 0. The molecule has 0 amide bonds. The van der Waals surface area contributed by atoms with Crippen molar-refractivity contribution in [2.24, 2.45) is 0 Å². The van der Waals surface area contributed by atoms with Gasteiger partial charge in [-0.3, -0.25) is 4.68 Å². The van der Waals surface area contributed by atoms with Crippen LogP contribution in [0.1, 0.15) is 49.5 Å². The van der Waals surface area contributed by atoms with E-state index in [9.17, 15) is 8.42 Å². The van der Waals surface area contributed by atoms with Gasteiger partial charge < -0.3 is 4.42 Å². The molecule has 0 aliphatic heterocycles. The summed E-state index contributed by atoms with van der Waals surface area (Å²) in [5, 5.41) is 4.38. The van der Waals surface area contributed by atoms with E-state index in [1.807, 2.05) is 27.7 Å². The Bertz CT molecular complexity index is 806. The number of hydrogen-bond donors (Lipinski definition) is 1. The summed E-state index contributed by atoms with van der Waals surface area (Å²) in [6, 6.07) is 0. The van der Waals surface area contributed by atoms with Crippen LogP contribution in [0.15, 0.2) is 9.31 Å². The molecule has 0 spiro atoms. The van der Waals surface area contributed by atoms with E-state index in [0.29, 0.717) is 23.0 Å². The number of nitrogens with one attached hydrogen (secondary N) is 1. The van der Waals surface area contributed by atoms with E-state index in [1.165, 1.54) is 0 Å². The van der Waals surface area contributed by atoms with Gasteiger partial charge in [0.1, 0.15) is 10.7 Å². The first-order valence-electron chi connectivity index (χ1n) is 7.42. The minimum absolute atomic E-state index is 0.0105. The van der Waals surface area contributed by atoms with Crippen molar-refractivity contribution in [2.75, 3.05) is 0 Å². The van der Waals surface area contributed by atoms with Gasteiger partial charge in [0, 0.05) is 0 Å². The van der Waals surface area contributed by atoms with Gasteiger partial charge in [-0.15, -0.1) is 0 Å². The van der Waals surface area contributed by atoms with Crippen LogP contribution in [0.3, 0.4) is 0 Å². The van der Waals surface area contributed by atoms with Crippen LogP contribution in [0.5, 0.6) is 0 Å². The van der Waals surface area contributed by atoms with Gasteiger partial charge in [0.05, 0.1) is 29.2 Å². The van der Waals surface area contributed by atoms with Gasteiger partial charge in [0.15, 0.2) is 0 Å². The minimum atomic E-state index is -3.70. The summed E-state index contributed by atoms with van der Waals surface area (Å²) in [4.78, 5) is 4.40. The number of oxazole rings is 1. The molecule has 2 rings (SSSR count). The van der Waals surface area contributed by atoms with Crippen LogP contribution in [0.25, 0.3) is 0 Å². The Morgan fingerprint density at radius 2 is 1.74 bits per heavy atom. The minimum Gasteiger partial charge on any atom is -0.444 e. The van der Waals surface area contributed by atoms with Crippen molar-refractivity contribution in [1.82, 2.24) is 19.5 Å². The predicted molar refractivity (Wildman–Crippen MR) is 86.7 cm³/mol. The van der Waals surface area contributed by atoms with Crippen LogP contribution in [0, 0.1) is 27.7 Å². The molecule has 2 heterocycles. The van der Waals surface area contributed by atoms with Crippen molar-refractivity contribution < 1.29 is 12.8 Å². The molecule has 0 atom stereocenters. The Morgan fingerprint density at radius 1 is 1.13 bits per heavy atom. The van der Waals surface area contributed by atoms with Crippen LogP contribution in [0.4, 0.5) is 0 Å². The van der Waals surface area contributed by atoms with Gasteiger partial charge in [-0.05, 0) is 48.5 Å². The van der Waals surface area contributed by atoms with Crippen molar-refractivity contribution >= 4 is 10.0 Å². The molecule has 0 unspecified atom stereocenters. The molecule has 0 fully saturated rings. The van der Waals surface area contributed by atoms with Crippen LogP contribution < -0.4 is 4.72 Å². The highest BCUT2D eigenvalue weighted by molar-refractivity contribution is 7.89. The molecule has 0 bridgehead atoms. The van der Waals surface area contributed by atoms with Gasteiger partial charge >= 0.3 is 0 Å². The zero-order valence-corrected chi connectivity index (χ0v) is 15.5. The SMILES string of the molecule is Cc1nc(CNS(=O)(=O)c2c(C)nn(C(C)(C)C)c2C)oc1C.